The predicted octanol–water partition coefficient (Wildman–Crippen LogP) is 0.999. The van der Waals surface area contributed by atoms with Crippen LogP contribution in [-0.4, -0.2) is 89.7 Å². The molecule has 0 spiro atoms. The molecule has 0 saturated carbocycles. The Morgan fingerprint density at radius 2 is 0.750 bits per heavy atom. The summed E-state index contributed by atoms with van der Waals surface area (Å²) in [4.78, 5) is 56.3. The van der Waals surface area contributed by atoms with Crippen LogP contribution in [0, 0.1) is 0 Å². The van der Waals surface area contributed by atoms with Crippen molar-refractivity contribution in [2.24, 2.45) is 0 Å². The van der Waals surface area contributed by atoms with Gasteiger partial charge in [0.1, 0.15) is 0 Å². The summed E-state index contributed by atoms with van der Waals surface area (Å²) in [5.41, 5.74) is -2.02. The molecule has 0 rings (SSSR count). The van der Waals surface area contributed by atoms with Gasteiger partial charge in [-0.2, -0.15) is 0 Å². The Morgan fingerprint density at radius 1 is 0.542 bits per heavy atom. The van der Waals surface area contributed by atoms with Crippen LogP contribution in [0.1, 0.15) is 64.2 Å². The van der Waals surface area contributed by atoms with Gasteiger partial charge in [-0.25, -0.2) is 0 Å². The number of carbonyl (C=O) groups is 2. The van der Waals surface area contributed by atoms with Gasteiger partial charge in [0, 0.05) is 12.8 Å². The van der Waals surface area contributed by atoms with Crippen molar-refractivity contribution >= 4 is 85.4 Å². The van der Waals surface area contributed by atoms with Crippen molar-refractivity contribution in [3.05, 3.63) is 0 Å². The van der Waals surface area contributed by atoms with E-state index in [9.17, 15) is 18.7 Å². The zero-order valence-electron chi connectivity index (χ0n) is 12.4. The maximum atomic E-state index is 11.0. The summed E-state index contributed by atoms with van der Waals surface area (Å²) in [6.45, 7) is 0. The van der Waals surface area contributed by atoms with E-state index in [2.05, 4.69) is 0 Å². The molecule has 12 heteroatoms. The molecule has 0 fully saturated rings. The van der Waals surface area contributed by atoms with Gasteiger partial charge >= 0.3 is 74.3 Å². The molecule has 0 saturated heterocycles. The molecule has 0 amide bonds. The van der Waals surface area contributed by atoms with Gasteiger partial charge in [0.05, 0.1) is 0 Å². The third kappa shape index (κ3) is 17.1. The summed E-state index contributed by atoms with van der Waals surface area (Å²) >= 11 is 0. The topological polar surface area (TPSA) is 149 Å². The van der Waals surface area contributed by atoms with E-state index in [-0.39, 0.29) is 72.0 Å². The summed E-state index contributed by atoms with van der Waals surface area (Å²) in [5, 5.41) is 0. The molecule has 0 aromatic rings. The number of rotatable bonds is 13. The quantitative estimate of drug-likeness (QED) is 0.201. The molecule has 4 N–H and O–H groups in total. The zero-order chi connectivity index (χ0) is 17.2. The van der Waals surface area contributed by atoms with E-state index in [0.29, 0.717) is 12.8 Å². The molecule has 0 unspecified atom stereocenters. The van der Waals surface area contributed by atoms with Crippen molar-refractivity contribution in [2.75, 3.05) is 0 Å². The van der Waals surface area contributed by atoms with E-state index in [1.54, 1.807) is 0 Å². The van der Waals surface area contributed by atoms with Crippen molar-refractivity contribution in [1.29, 1.82) is 0 Å². The molecule has 0 bridgehead atoms. The standard InChI is InChI=1S/C12H24O8P2.2Na.2H/c13-11(21(15,16)17)9-7-5-3-1-2-4-6-8-10-12(14)22(18,19)20;;;;/h1-10H2,(H2,15,16,17)(H2,18,19,20);;;;. The van der Waals surface area contributed by atoms with Crippen LogP contribution in [-0.2, 0) is 18.7 Å². The Hall–Kier alpha value is 1.64. The van der Waals surface area contributed by atoms with Crippen molar-refractivity contribution in [3.63, 3.8) is 0 Å². The molecule has 0 aromatic carbocycles. The van der Waals surface area contributed by atoms with E-state index in [1.165, 1.54) is 0 Å². The molecule has 134 valence electrons. The van der Waals surface area contributed by atoms with Crippen molar-refractivity contribution in [1.82, 2.24) is 0 Å². The second kappa shape index (κ2) is 15.7. The number of unbranched alkanes of at least 4 members (excludes halogenated alkanes) is 7. The Kier molecular flexibility index (Phi) is 19.8. The molecule has 0 aliphatic rings. The first-order valence-electron chi connectivity index (χ1n) is 7.23. The van der Waals surface area contributed by atoms with Gasteiger partial charge in [0.25, 0.3) is 0 Å². The van der Waals surface area contributed by atoms with Crippen LogP contribution in [0.5, 0.6) is 0 Å². The van der Waals surface area contributed by atoms with E-state index in [0.717, 1.165) is 38.5 Å². The molecule has 0 radical (unpaired) electrons. The van der Waals surface area contributed by atoms with Gasteiger partial charge in [-0.3, -0.25) is 18.7 Å². The molecule has 0 heterocycles. The third-order valence-corrected chi connectivity index (χ3v) is 4.93. The molecule has 0 aliphatic heterocycles. The Balaban J connectivity index is -0.00000220. The first-order valence-corrected chi connectivity index (χ1v) is 10.5. The van der Waals surface area contributed by atoms with Crippen molar-refractivity contribution in [3.8, 4) is 0 Å². The molecule has 0 aromatic heterocycles. The van der Waals surface area contributed by atoms with Crippen LogP contribution >= 0.6 is 15.2 Å². The summed E-state index contributed by atoms with van der Waals surface area (Å²) in [6.07, 6.45) is 5.70. The van der Waals surface area contributed by atoms with Gasteiger partial charge in [-0.05, 0) is 12.8 Å². The third-order valence-electron chi connectivity index (χ3n) is 3.18. The van der Waals surface area contributed by atoms with E-state index < -0.39 is 26.2 Å². The van der Waals surface area contributed by atoms with Gasteiger partial charge in [-0.15, -0.1) is 0 Å². The average molecular weight is 406 g/mol. The fraction of sp³-hybridized carbons (Fsp3) is 0.833. The van der Waals surface area contributed by atoms with Gasteiger partial charge in [0.2, 0.25) is 11.0 Å². The monoisotopic (exact) mass is 406 g/mol. The minimum absolute atomic E-state index is 0. The van der Waals surface area contributed by atoms with Crippen molar-refractivity contribution < 1.29 is 38.3 Å². The molecule has 0 aliphatic carbocycles. The minimum atomic E-state index is -4.57. The second-order valence-electron chi connectivity index (χ2n) is 5.20. The summed E-state index contributed by atoms with van der Waals surface area (Å²) in [7, 11) is -9.15. The molecular formula is C12H26Na2O8P2. The van der Waals surface area contributed by atoms with Gasteiger partial charge < -0.3 is 19.6 Å². The van der Waals surface area contributed by atoms with Gasteiger partial charge in [0.15, 0.2) is 0 Å². The van der Waals surface area contributed by atoms with Crippen LogP contribution < -0.4 is 0 Å². The normalized spacial score (nSPS) is 11.3. The molecule has 0 atom stereocenters. The first kappa shape index (κ1) is 30.4. The van der Waals surface area contributed by atoms with E-state index in [1.807, 2.05) is 0 Å². The average Bonchev–Trinajstić information content (AvgIpc) is 2.38. The molecule has 8 nitrogen and oxygen atoms in total. The molecular weight excluding hydrogens is 380 g/mol. The Labute approximate surface area is 186 Å². The first-order chi connectivity index (χ1) is 10.0. The zero-order valence-corrected chi connectivity index (χ0v) is 14.2. The van der Waals surface area contributed by atoms with Gasteiger partial charge in [-0.1, -0.05) is 38.5 Å². The Morgan fingerprint density at radius 3 is 0.958 bits per heavy atom. The number of hydrogen-bond donors (Lipinski definition) is 4. The number of hydrogen-bond acceptors (Lipinski definition) is 4. The molecule has 24 heavy (non-hydrogen) atoms. The van der Waals surface area contributed by atoms with Crippen LogP contribution in [0.4, 0.5) is 0 Å². The van der Waals surface area contributed by atoms with Crippen LogP contribution in [0.3, 0.4) is 0 Å². The number of carbonyl (C=O) groups excluding carboxylic acids is 2. The summed E-state index contributed by atoms with van der Waals surface area (Å²) in [5.74, 6) is 0. The maximum absolute atomic E-state index is 11.0. The fourth-order valence-electron chi connectivity index (χ4n) is 1.90. The van der Waals surface area contributed by atoms with E-state index in [4.69, 9.17) is 19.6 Å². The second-order valence-corrected chi connectivity index (χ2v) is 8.38. The van der Waals surface area contributed by atoms with Crippen LogP contribution in [0.2, 0.25) is 0 Å². The summed E-state index contributed by atoms with van der Waals surface area (Å²) < 4.78 is 21.2. The van der Waals surface area contributed by atoms with E-state index >= 15 is 0 Å². The fourth-order valence-corrected chi connectivity index (χ4v) is 2.80. The van der Waals surface area contributed by atoms with Crippen LogP contribution in [0.15, 0.2) is 0 Å². The Bertz CT molecular complexity index is 418. The van der Waals surface area contributed by atoms with Crippen molar-refractivity contribution in [2.45, 2.75) is 64.2 Å². The van der Waals surface area contributed by atoms with Crippen LogP contribution in [0.25, 0.3) is 0 Å². The summed E-state index contributed by atoms with van der Waals surface area (Å²) in [6, 6.07) is 0. The SMILES string of the molecule is O=C(CCCCCCCCCCC(=O)P(=O)(O)O)P(=O)(O)O.[NaH].[NaH]. The predicted molar refractivity (Wildman–Crippen MR) is 94.6 cm³/mol.